The summed E-state index contributed by atoms with van der Waals surface area (Å²) in [5, 5.41) is 10.1. The molecule has 1 aliphatic heterocycles. The van der Waals surface area contributed by atoms with E-state index in [1.807, 2.05) is 46.8 Å². The van der Waals surface area contributed by atoms with E-state index in [0.29, 0.717) is 5.75 Å². The van der Waals surface area contributed by atoms with E-state index in [2.05, 4.69) is 10.5 Å². The monoisotopic (exact) mass is 431 g/mol. The third-order valence-corrected chi connectivity index (χ3v) is 6.64. The second-order valence-electron chi connectivity index (χ2n) is 8.84. The molecular weight excluding hydrogens is 402 g/mol. The molecule has 1 aromatic heterocycles. The van der Waals surface area contributed by atoms with Gasteiger partial charge in [-0.2, -0.15) is 5.48 Å². The Morgan fingerprint density at radius 1 is 1.30 bits per heavy atom. The van der Waals surface area contributed by atoms with Crippen molar-refractivity contribution in [3.05, 3.63) is 35.5 Å². The SMILES string of the molecule is Cc1ncsc1-c1ccc(ONC(=O)[C@@H]2C[C@@H](O)CN2C(=O)[C@@H](C)C(C)(C)C)cc1. The van der Waals surface area contributed by atoms with E-state index in [1.54, 1.807) is 29.0 Å². The normalized spacial score (nSPS) is 20.1. The van der Waals surface area contributed by atoms with E-state index < -0.39 is 18.1 Å². The average molecular weight is 432 g/mol. The zero-order valence-electron chi connectivity index (χ0n) is 18.0. The molecule has 7 nitrogen and oxygen atoms in total. The molecule has 1 aliphatic rings. The van der Waals surface area contributed by atoms with Crippen LogP contribution in [0.1, 0.15) is 39.8 Å². The van der Waals surface area contributed by atoms with Crippen LogP contribution in [0.3, 0.4) is 0 Å². The smallest absolute Gasteiger partial charge is 0.275 e. The Kier molecular flexibility index (Phi) is 6.47. The highest BCUT2D eigenvalue weighted by atomic mass is 32.1. The van der Waals surface area contributed by atoms with Crippen LogP contribution in [-0.4, -0.2) is 45.5 Å². The van der Waals surface area contributed by atoms with Gasteiger partial charge in [-0.15, -0.1) is 11.3 Å². The standard InChI is InChI=1S/C22H29N3O4S/c1-13(22(3,4)5)21(28)25-11-16(26)10-18(25)20(27)24-29-17-8-6-15(7-9-17)19-14(2)23-12-30-19/h6-9,12-13,16,18,26H,10-11H2,1-5H3,(H,24,27)/t13-,16-,18+/m1/s1. The number of amides is 2. The van der Waals surface area contributed by atoms with Crippen LogP contribution in [0.25, 0.3) is 10.4 Å². The highest BCUT2D eigenvalue weighted by Crippen LogP contribution is 2.31. The van der Waals surface area contributed by atoms with Crippen molar-refractivity contribution in [2.45, 2.75) is 53.2 Å². The Labute approximate surface area is 181 Å². The van der Waals surface area contributed by atoms with Crippen LogP contribution >= 0.6 is 11.3 Å². The van der Waals surface area contributed by atoms with E-state index in [0.717, 1.165) is 16.1 Å². The summed E-state index contributed by atoms with van der Waals surface area (Å²) in [5.74, 6) is -0.373. The number of carbonyl (C=O) groups is 2. The van der Waals surface area contributed by atoms with Crippen LogP contribution in [0.4, 0.5) is 0 Å². The second kappa shape index (κ2) is 8.73. The maximum absolute atomic E-state index is 12.9. The van der Waals surface area contributed by atoms with Crippen LogP contribution in [0.5, 0.6) is 5.75 Å². The molecule has 2 amide bonds. The minimum Gasteiger partial charge on any atom is -0.391 e. The van der Waals surface area contributed by atoms with E-state index in [9.17, 15) is 14.7 Å². The summed E-state index contributed by atoms with van der Waals surface area (Å²) >= 11 is 1.57. The van der Waals surface area contributed by atoms with Gasteiger partial charge < -0.3 is 14.8 Å². The molecule has 162 valence electrons. The first-order valence-corrected chi connectivity index (χ1v) is 10.9. The van der Waals surface area contributed by atoms with Gasteiger partial charge in [-0.1, -0.05) is 27.7 Å². The van der Waals surface area contributed by atoms with Crippen LogP contribution in [0, 0.1) is 18.3 Å². The Morgan fingerprint density at radius 3 is 2.53 bits per heavy atom. The summed E-state index contributed by atoms with van der Waals surface area (Å²) in [6, 6.07) is 6.59. The van der Waals surface area contributed by atoms with Crippen LogP contribution < -0.4 is 10.3 Å². The molecular formula is C22H29N3O4S. The number of nitrogens with one attached hydrogen (secondary N) is 1. The molecule has 2 N–H and O–H groups in total. The van der Waals surface area contributed by atoms with Gasteiger partial charge >= 0.3 is 0 Å². The number of hydrogen-bond acceptors (Lipinski definition) is 6. The Bertz CT molecular complexity index is 904. The molecule has 1 aromatic carbocycles. The molecule has 0 radical (unpaired) electrons. The van der Waals surface area contributed by atoms with Gasteiger partial charge in [-0.3, -0.25) is 9.59 Å². The molecule has 1 saturated heterocycles. The fraction of sp³-hybridized carbons (Fsp3) is 0.500. The number of aliphatic hydroxyl groups excluding tert-OH is 1. The number of likely N-dealkylation sites (tertiary alicyclic amines) is 1. The third kappa shape index (κ3) is 4.82. The number of aryl methyl sites for hydroxylation is 1. The predicted molar refractivity (Wildman–Crippen MR) is 116 cm³/mol. The first kappa shape index (κ1) is 22.2. The molecule has 3 atom stereocenters. The van der Waals surface area contributed by atoms with E-state index in [1.165, 1.54) is 4.90 Å². The van der Waals surface area contributed by atoms with E-state index in [4.69, 9.17) is 4.84 Å². The lowest BCUT2D eigenvalue weighted by Crippen LogP contribution is -2.49. The third-order valence-electron chi connectivity index (χ3n) is 5.67. The lowest BCUT2D eigenvalue weighted by molar-refractivity contribution is -0.146. The molecule has 0 bridgehead atoms. The number of nitrogens with zero attached hydrogens (tertiary/aromatic N) is 2. The zero-order chi connectivity index (χ0) is 22.1. The number of aromatic nitrogens is 1. The zero-order valence-corrected chi connectivity index (χ0v) is 18.8. The highest BCUT2D eigenvalue weighted by Gasteiger charge is 2.42. The topological polar surface area (TPSA) is 91.8 Å². The van der Waals surface area contributed by atoms with Crippen molar-refractivity contribution in [2.24, 2.45) is 11.3 Å². The number of benzene rings is 1. The van der Waals surface area contributed by atoms with Crippen molar-refractivity contribution in [1.82, 2.24) is 15.4 Å². The Balaban J connectivity index is 1.63. The van der Waals surface area contributed by atoms with E-state index in [-0.39, 0.29) is 30.2 Å². The highest BCUT2D eigenvalue weighted by molar-refractivity contribution is 7.13. The van der Waals surface area contributed by atoms with Gasteiger partial charge in [0.2, 0.25) is 5.91 Å². The number of rotatable bonds is 5. The summed E-state index contributed by atoms with van der Waals surface area (Å²) in [4.78, 5) is 37.8. The van der Waals surface area contributed by atoms with Gasteiger partial charge in [0.25, 0.3) is 5.91 Å². The largest absolute Gasteiger partial charge is 0.391 e. The Hall–Kier alpha value is -2.45. The van der Waals surface area contributed by atoms with Gasteiger partial charge in [0.05, 0.1) is 22.2 Å². The first-order chi connectivity index (χ1) is 14.1. The molecule has 0 saturated carbocycles. The van der Waals surface area contributed by atoms with Crippen molar-refractivity contribution < 1.29 is 19.5 Å². The molecule has 2 aromatic rings. The quantitative estimate of drug-likeness (QED) is 0.710. The lowest BCUT2D eigenvalue weighted by Gasteiger charge is -2.32. The number of carbonyl (C=O) groups excluding carboxylic acids is 2. The number of thiazole rings is 1. The predicted octanol–water partition coefficient (Wildman–Crippen LogP) is 3.17. The van der Waals surface area contributed by atoms with Gasteiger partial charge in [0.1, 0.15) is 6.04 Å². The van der Waals surface area contributed by atoms with E-state index >= 15 is 0 Å². The summed E-state index contributed by atoms with van der Waals surface area (Å²) in [6.07, 6.45) is -0.528. The first-order valence-electron chi connectivity index (χ1n) is 10.0. The van der Waals surface area contributed by atoms with Gasteiger partial charge in [-0.05, 0) is 42.2 Å². The fourth-order valence-corrected chi connectivity index (χ4v) is 4.17. The molecule has 0 spiro atoms. The van der Waals surface area contributed by atoms with Crippen LogP contribution in [0.2, 0.25) is 0 Å². The number of hydroxylamine groups is 1. The molecule has 3 rings (SSSR count). The summed E-state index contributed by atoms with van der Waals surface area (Å²) in [6.45, 7) is 9.91. The van der Waals surface area contributed by atoms with Crippen LogP contribution in [0.15, 0.2) is 29.8 Å². The summed E-state index contributed by atoms with van der Waals surface area (Å²) in [7, 11) is 0. The van der Waals surface area contributed by atoms with Crippen LogP contribution in [-0.2, 0) is 9.59 Å². The van der Waals surface area contributed by atoms with Gasteiger partial charge in [-0.25, -0.2) is 4.98 Å². The summed E-state index contributed by atoms with van der Waals surface area (Å²) < 4.78 is 0. The van der Waals surface area contributed by atoms with Crippen molar-refractivity contribution >= 4 is 23.2 Å². The molecule has 2 heterocycles. The van der Waals surface area contributed by atoms with Gasteiger partial charge in [0, 0.05) is 18.9 Å². The number of hydrogen-bond donors (Lipinski definition) is 2. The second-order valence-corrected chi connectivity index (χ2v) is 9.70. The number of β-amino-alcohol motifs (C(OH)–C–C–N with tert-alkyl or cyclic N) is 1. The average Bonchev–Trinajstić information content (AvgIpc) is 3.30. The minimum atomic E-state index is -0.753. The van der Waals surface area contributed by atoms with Crippen molar-refractivity contribution in [1.29, 1.82) is 0 Å². The van der Waals surface area contributed by atoms with Crippen molar-refractivity contribution in [2.75, 3.05) is 6.54 Å². The molecule has 0 unspecified atom stereocenters. The molecule has 0 aliphatic carbocycles. The number of aliphatic hydroxyl groups is 1. The van der Waals surface area contributed by atoms with Crippen molar-refractivity contribution in [3.8, 4) is 16.2 Å². The minimum absolute atomic E-state index is 0.136. The maximum Gasteiger partial charge on any atom is 0.275 e. The fourth-order valence-electron chi connectivity index (χ4n) is 3.36. The van der Waals surface area contributed by atoms with Gasteiger partial charge in [0.15, 0.2) is 5.75 Å². The lowest BCUT2D eigenvalue weighted by atomic mass is 9.81. The molecule has 8 heteroatoms. The molecule has 1 fully saturated rings. The maximum atomic E-state index is 12.9. The Morgan fingerprint density at radius 2 is 1.97 bits per heavy atom. The van der Waals surface area contributed by atoms with Crippen molar-refractivity contribution in [3.63, 3.8) is 0 Å². The summed E-state index contributed by atoms with van der Waals surface area (Å²) in [5.41, 5.74) is 6.00. The molecule has 30 heavy (non-hydrogen) atoms.